The van der Waals surface area contributed by atoms with E-state index in [4.69, 9.17) is 16.9 Å². The molecule has 0 amide bonds. The van der Waals surface area contributed by atoms with E-state index in [2.05, 4.69) is 31.7 Å². The molecule has 0 atom stereocenters. The number of anilines is 1. The average molecular weight is 265 g/mol. The lowest BCUT2D eigenvalue weighted by atomic mass is 10.0. The van der Waals surface area contributed by atoms with Crippen molar-refractivity contribution in [2.75, 3.05) is 18.0 Å². The summed E-state index contributed by atoms with van der Waals surface area (Å²) in [6, 6.07) is 7.64. The Morgan fingerprint density at radius 3 is 2.39 bits per heavy atom. The highest BCUT2D eigenvalue weighted by atomic mass is 35.5. The van der Waals surface area contributed by atoms with E-state index in [1.54, 1.807) is 6.07 Å². The van der Waals surface area contributed by atoms with Gasteiger partial charge in [0.15, 0.2) is 0 Å². The predicted molar refractivity (Wildman–Crippen MR) is 78.1 cm³/mol. The van der Waals surface area contributed by atoms with Crippen molar-refractivity contribution in [3.05, 3.63) is 28.8 Å². The van der Waals surface area contributed by atoms with Gasteiger partial charge in [0.2, 0.25) is 0 Å². The van der Waals surface area contributed by atoms with Gasteiger partial charge in [-0.15, -0.1) is 0 Å². The van der Waals surface area contributed by atoms with E-state index in [1.165, 1.54) is 12.8 Å². The van der Waals surface area contributed by atoms with Crippen LogP contribution in [0.5, 0.6) is 0 Å². The van der Waals surface area contributed by atoms with E-state index >= 15 is 0 Å². The summed E-state index contributed by atoms with van der Waals surface area (Å²) in [5.74, 6) is 0.691. The topological polar surface area (TPSA) is 27.0 Å². The third-order valence-corrected chi connectivity index (χ3v) is 3.74. The van der Waals surface area contributed by atoms with Crippen LogP contribution >= 0.6 is 11.6 Å². The molecule has 0 aliphatic rings. The van der Waals surface area contributed by atoms with Gasteiger partial charge in [0.25, 0.3) is 0 Å². The molecule has 0 N–H and O–H groups in total. The van der Waals surface area contributed by atoms with Crippen LogP contribution in [0.15, 0.2) is 18.2 Å². The van der Waals surface area contributed by atoms with Crippen LogP contribution in [0.2, 0.25) is 5.02 Å². The molecule has 1 aromatic rings. The smallest absolute Gasteiger partial charge is 0.0992 e. The van der Waals surface area contributed by atoms with E-state index in [1.807, 2.05) is 12.1 Å². The molecular weight excluding hydrogens is 244 g/mol. The van der Waals surface area contributed by atoms with Crippen molar-refractivity contribution in [2.24, 2.45) is 5.92 Å². The largest absolute Gasteiger partial charge is 0.370 e. The first-order chi connectivity index (χ1) is 8.65. The second kappa shape index (κ2) is 7.28. The highest BCUT2D eigenvalue weighted by molar-refractivity contribution is 6.33. The lowest BCUT2D eigenvalue weighted by molar-refractivity contribution is 0.486. The maximum absolute atomic E-state index is 8.85. The van der Waals surface area contributed by atoms with Gasteiger partial charge in [-0.25, -0.2) is 0 Å². The monoisotopic (exact) mass is 264 g/mol. The number of halogens is 1. The minimum Gasteiger partial charge on any atom is -0.370 e. The van der Waals surface area contributed by atoms with E-state index in [0.29, 0.717) is 16.5 Å². The lowest BCUT2D eigenvalue weighted by Crippen LogP contribution is -2.29. The van der Waals surface area contributed by atoms with Crippen LogP contribution in [0.1, 0.15) is 39.2 Å². The zero-order valence-electron chi connectivity index (χ0n) is 11.4. The molecule has 0 fully saturated rings. The van der Waals surface area contributed by atoms with Crippen molar-refractivity contribution in [3.63, 3.8) is 0 Å². The standard InChI is InChI=1S/C15H21ClN2/c1-4-12(5-2)11-18(6-3)15-8-7-13(10-17)9-14(15)16/h7-9,12H,4-6,11H2,1-3H3. The highest BCUT2D eigenvalue weighted by Crippen LogP contribution is 2.28. The van der Waals surface area contributed by atoms with Crippen LogP contribution in [0, 0.1) is 17.2 Å². The van der Waals surface area contributed by atoms with Crippen molar-refractivity contribution in [3.8, 4) is 6.07 Å². The summed E-state index contributed by atoms with van der Waals surface area (Å²) in [4.78, 5) is 2.29. The van der Waals surface area contributed by atoms with Crippen molar-refractivity contribution in [1.82, 2.24) is 0 Å². The molecule has 0 aliphatic heterocycles. The maximum Gasteiger partial charge on any atom is 0.0992 e. The van der Waals surface area contributed by atoms with Crippen LogP contribution in [-0.2, 0) is 0 Å². The Labute approximate surface area is 115 Å². The molecule has 0 saturated carbocycles. The molecule has 2 nitrogen and oxygen atoms in total. The molecule has 18 heavy (non-hydrogen) atoms. The summed E-state index contributed by atoms with van der Waals surface area (Å²) in [5, 5.41) is 9.52. The summed E-state index contributed by atoms with van der Waals surface area (Å²) in [6.07, 6.45) is 2.36. The Morgan fingerprint density at radius 1 is 1.28 bits per heavy atom. The van der Waals surface area contributed by atoms with E-state index in [9.17, 15) is 0 Å². The second-order valence-corrected chi connectivity index (χ2v) is 4.91. The summed E-state index contributed by atoms with van der Waals surface area (Å²) < 4.78 is 0. The van der Waals surface area contributed by atoms with Crippen molar-refractivity contribution in [2.45, 2.75) is 33.6 Å². The van der Waals surface area contributed by atoms with Crippen LogP contribution in [0.25, 0.3) is 0 Å². The maximum atomic E-state index is 8.85. The second-order valence-electron chi connectivity index (χ2n) is 4.50. The first kappa shape index (κ1) is 14.9. The number of nitrogens with zero attached hydrogens (tertiary/aromatic N) is 2. The van der Waals surface area contributed by atoms with Crippen LogP contribution in [0.3, 0.4) is 0 Å². The highest BCUT2D eigenvalue weighted by Gasteiger charge is 2.13. The normalized spacial score (nSPS) is 10.4. The fraction of sp³-hybridized carbons (Fsp3) is 0.533. The predicted octanol–water partition coefficient (Wildman–Crippen LogP) is 4.47. The Morgan fingerprint density at radius 2 is 1.94 bits per heavy atom. The Hall–Kier alpha value is -1.20. The number of benzene rings is 1. The number of hydrogen-bond acceptors (Lipinski definition) is 2. The molecule has 0 saturated heterocycles. The minimum atomic E-state index is 0.613. The molecule has 0 aliphatic carbocycles. The Balaban J connectivity index is 2.92. The minimum absolute atomic E-state index is 0.613. The van der Waals surface area contributed by atoms with Gasteiger partial charge in [-0.2, -0.15) is 5.26 Å². The van der Waals surface area contributed by atoms with Gasteiger partial charge in [0.05, 0.1) is 22.3 Å². The van der Waals surface area contributed by atoms with Gasteiger partial charge in [0.1, 0.15) is 0 Å². The zero-order valence-corrected chi connectivity index (χ0v) is 12.2. The Bertz CT molecular complexity index is 419. The summed E-state index contributed by atoms with van der Waals surface area (Å²) in [6.45, 7) is 8.54. The molecule has 1 aromatic carbocycles. The van der Waals surface area contributed by atoms with Crippen molar-refractivity contribution < 1.29 is 0 Å². The molecule has 0 unspecified atom stereocenters. The summed E-state index contributed by atoms with van der Waals surface area (Å²) in [7, 11) is 0. The average Bonchev–Trinajstić information content (AvgIpc) is 2.41. The number of hydrogen-bond donors (Lipinski definition) is 0. The quantitative estimate of drug-likeness (QED) is 0.758. The van der Waals surface area contributed by atoms with Gasteiger partial charge in [-0.1, -0.05) is 38.3 Å². The third-order valence-electron chi connectivity index (χ3n) is 3.43. The molecule has 98 valence electrons. The van der Waals surface area contributed by atoms with Crippen molar-refractivity contribution >= 4 is 17.3 Å². The SMILES string of the molecule is CCC(CC)CN(CC)c1ccc(C#N)cc1Cl. The first-order valence-corrected chi connectivity index (χ1v) is 6.98. The third kappa shape index (κ3) is 3.65. The van der Waals surface area contributed by atoms with Gasteiger partial charge in [0, 0.05) is 13.1 Å². The summed E-state index contributed by atoms with van der Waals surface area (Å²) >= 11 is 6.26. The summed E-state index contributed by atoms with van der Waals surface area (Å²) in [5.41, 5.74) is 1.65. The van der Waals surface area contributed by atoms with Crippen LogP contribution in [-0.4, -0.2) is 13.1 Å². The zero-order chi connectivity index (χ0) is 13.5. The van der Waals surface area contributed by atoms with E-state index < -0.39 is 0 Å². The molecular formula is C15H21ClN2. The molecule has 0 heterocycles. The molecule has 1 rings (SSSR count). The fourth-order valence-electron chi connectivity index (χ4n) is 2.09. The molecule has 0 spiro atoms. The first-order valence-electron chi connectivity index (χ1n) is 6.60. The van der Waals surface area contributed by atoms with E-state index in [0.717, 1.165) is 18.8 Å². The van der Waals surface area contributed by atoms with Crippen LogP contribution < -0.4 is 4.90 Å². The van der Waals surface area contributed by atoms with Crippen molar-refractivity contribution in [1.29, 1.82) is 5.26 Å². The molecule has 0 aromatic heterocycles. The van der Waals surface area contributed by atoms with Gasteiger partial charge in [-0.05, 0) is 31.0 Å². The van der Waals surface area contributed by atoms with Gasteiger partial charge >= 0.3 is 0 Å². The molecule has 3 heteroatoms. The Kier molecular flexibility index (Phi) is 6.01. The number of nitriles is 1. The number of rotatable bonds is 6. The van der Waals surface area contributed by atoms with Crippen LogP contribution in [0.4, 0.5) is 5.69 Å². The van der Waals surface area contributed by atoms with Gasteiger partial charge < -0.3 is 4.90 Å². The van der Waals surface area contributed by atoms with E-state index in [-0.39, 0.29) is 0 Å². The fourth-order valence-corrected chi connectivity index (χ4v) is 2.39. The molecule has 0 radical (unpaired) electrons. The lowest BCUT2D eigenvalue weighted by Gasteiger charge is -2.28. The van der Waals surface area contributed by atoms with Gasteiger partial charge in [-0.3, -0.25) is 0 Å². The molecule has 0 bridgehead atoms.